The molecule has 0 spiro atoms. The molecule has 1 amide bonds. The predicted octanol–water partition coefficient (Wildman–Crippen LogP) is 5.23. The Bertz CT molecular complexity index is 1200. The largest absolute Gasteiger partial charge is 0.507 e. The number of benzene rings is 2. The summed E-state index contributed by atoms with van der Waals surface area (Å²) < 4.78 is 5.73. The second-order valence-electron chi connectivity index (χ2n) is 8.13. The molecule has 1 aliphatic rings. The molecule has 0 aliphatic carbocycles. The average molecular weight is 443 g/mol. The first-order valence-electron chi connectivity index (χ1n) is 11.0. The van der Waals surface area contributed by atoms with E-state index in [4.69, 9.17) is 4.74 Å². The fourth-order valence-corrected chi connectivity index (χ4v) is 4.14. The van der Waals surface area contributed by atoms with Crippen molar-refractivity contribution in [2.75, 3.05) is 11.5 Å². The Kier molecular flexibility index (Phi) is 6.27. The molecule has 1 N–H and O–H groups in total. The minimum Gasteiger partial charge on any atom is -0.507 e. The van der Waals surface area contributed by atoms with E-state index in [9.17, 15) is 14.7 Å². The summed E-state index contributed by atoms with van der Waals surface area (Å²) in [4.78, 5) is 31.9. The third-order valence-electron chi connectivity index (χ3n) is 5.71. The topological polar surface area (TPSA) is 79.7 Å². The lowest BCUT2D eigenvalue weighted by Crippen LogP contribution is -2.29. The van der Waals surface area contributed by atoms with Crippen molar-refractivity contribution in [1.82, 2.24) is 4.98 Å². The van der Waals surface area contributed by atoms with E-state index in [-0.39, 0.29) is 17.3 Å². The van der Waals surface area contributed by atoms with Crippen molar-refractivity contribution in [3.63, 3.8) is 0 Å². The summed E-state index contributed by atoms with van der Waals surface area (Å²) in [7, 11) is 0. The van der Waals surface area contributed by atoms with E-state index in [0.717, 1.165) is 11.3 Å². The van der Waals surface area contributed by atoms with E-state index < -0.39 is 17.7 Å². The lowest BCUT2D eigenvalue weighted by atomic mass is 9.93. The second kappa shape index (κ2) is 9.28. The van der Waals surface area contributed by atoms with Gasteiger partial charge in [0.2, 0.25) is 0 Å². The first-order chi connectivity index (χ1) is 15.9. The fourth-order valence-electron chi connectivity index (χ4n) is 4.14. The molecule has 2 aromatic carbocycles. The molecule has 1 unspecified atom stereocenters. The third kappa shape index (κ3) is 4.12. The summed E-state index contributed by atoms with van der Waals surface area (Å²) in [5.41, 5.74) is 2.69. The number of nitrogens with zero attached hydrogens (tertiary/aromatic N) is 2. The molecular formula is C27H26N2O4. The summed E-state index contributed by atoms with van der Waals surface area (Å²) in [6.07, 6.45) is 3.21. The highest BCUT2D eigenvalue weighted by Crippen LogP contribution is 2.42. The number of aliphatic hydroxyl groups excluding tert-OH is 1. The van der Waals surface area contributed by atoms with E-state index >= 15 is 0 Å². The van der Waals surface area contributed by atoms with Gasteiger partial charge in [0.05, 0.1) is 18.2 Å². The molecule has 1 aromatic heterocycles. The van der Waals surface area contributed by atoms with Crippen LogP contribution in [-0.2, 0) is 9.59 Å². The van der Waals surface area contributed by atoms with Gasteiger partial charge in [0.15, 0.2) is 0 Å². The Hall–Kier alpha value is -3.93. The van der Waals surface area contributed by atoms with Crippen molar-refractivity contribution in [1.29, 1.82) is 0 Å². The van der Waals surface area contributed by atoms with Gasteiger partial charge in [0.1, 0.15) is 11.5 Å². The van der Waals surface area contributed by atoms with E-state index in [1.54, 1.807) is 60.9 Å². The Balaban J connectivity index is 1.91. The molecule has 168 valence electrons. The molecule has 2 heterocycles. The highest BCUT2D eigenvalue weighted by Gasteiger charge is 2.46. The third-order valence-corrected chi connectivity index (χ3v) is 5.71. The maximum Gasteiger partial charge on any atom is 0.300 e. The predicted molar refractivity (Wildman–Crippen MR) is 127 cm³/mol. The minimum absolute atomic E-state index is 0.0499. The summed E-state index contributed by atoms with van der Waals surface area (Å²) in [6, 6.07) is 17.0. The maximum atomic E-state index is 13.2. The number of hydrogen-bond donors (Lipinski definition) is 1. The number of aromatic nitrogens is 1. The molecule has 4 rings (SSSR count). The summed E-state index contributed by atoms with van der Waals surface area (Å²) in [5, 5.41) is 11.4. The maximum absolute atomic E-state index is 13.2. The number of Topliss-reactive ketones (excluding diaryl/α,β-unsaturated/α-hetero) is 1. The molecule has 1 aliphatic heterocycles. The van der Waals surface area contributed by atoms with Crippen LogP contribution in [0.5, 0.6) is 5.75 Å². The average Bonchev–Trinajstić information content (AvgIpc) is 3.10. The monoisotopic (exact) mass is 442 g/mol. The zero-order valence-corrected chi connectivity index (χ0v) is 18.9. The molecule has 1 fully saturated rings. The Morgan fingerprint density at radius 2 is 1.76 bits per heavy atom. The number of anilines is 1. The smallest absolute Gasteiger partial charge is 0.300 e. The van der Waals surface area contributed by atoms with Crippen LogP contribution < -0.4 is 9.64 Å². The van der Waals surface area contributed by atoms with Crippen molar-refractivity contribution < 1.29 is 19.4 Å². The van der Waals surface area contributed by atoms with Crippen molar-refractivity contribution in [3.8, 4) is 5.75 Å². The van der Waals surface area contributed by atoms with Crippen molar-refractivity contribution in [2.24, 2.45) is 0 Å². The van der Waals surface area contributed by atoms with Gasteiger partial charge in [-0.05, 0) is 66.4 Å². The number of aliphatic hydroxyl groups is 1. The number of ketones is 1. The van der Waals surface area contributed by atoms with Crippen LogP contribution in [0.2, 0.25) is 0 Å². The molecule has 33 heavy (non-hydrogen) atoms. The molecule has 0 saturated carbocycles. The molecule has 1 atom stereocenters. The lowest BCUT2D eigenvalue weighted by molar-refractivity contribution is -0.132. The first-order valence-corrected chi connectivity index (χ1v) is 11.0. The molecule has 6 nitrogen and oxygen atoms in total. The zero-order chi connectivity index (χ0) is 23.5. The van der Waals surface area contributed by atoms with Crippen LogP contribution in [0, 0.1) is 0 Å². The van der Waals surface area contributed by atoms with Crippen molar-refractivity contribution >= 4 is 23.1 Å². The van der Waals surface area contributed by atoms with Gasteiger partial charge in [0, 0.05) is 23.6 Å². The second-order valence-corrected chi connectivity index (χ2v) is 8.13. The number of pyridine rings is 1. The molecule has 6 heteroatoms. The van der Waals surface area contributed by atoms with Crippen molar-refractivity contribution in [2.45, 2.75) is 32.7 Å². The van der Waals surface area contributed by atoms with Crippen LogP contribution in [0.1, 0.15) is 49.4 Å². The number of hydrogen-bond acceptors (Lipinski definition) is 5. The van der Waals surface area contributed by atoms with Crippen molar-refractivity contribution in [3.05, 3.63) is 95.3 Å². The van der Waals surface area contributed by atoms with Gasteiger partial charge in [-0.25, -0.2) is 0 Å². The Labute approximate surface area is 193 Å². The standard InChI is InChI=1S/C27H26N2O4/c1-4-33-22-11-10-19(16-21(22)17(2)3)25(30)23-24(18-12-14-28-15-13-18)29(27(32)26(23)31)20-8-6-5-7-9-20/h5-17,24,30H,4H2,1-3H3/b25-23-. The van der Waals surface area contributed by atoms with Gasteiger partial charge < -0.3 is 9.84 Å². The quantitative estimate of drug-likeness (QED) is 0.321. The van der Waals surface area contributed by atoms with Gasteiger partial charge in [0.25, 0.3) is 11.7 Å². The highest BCUT2D eigenvalue weighted by atomic mass is 16.5. The summed E-state index contributed by atoms with van der Waals surface area (Å²) >= 11 is 0. The fraction of sp³-hybridized carbons (Fsp3) is 0.222. The van der Waals surface area contributed by atoms with Crippen LogP contribution >= 0.6 is 0 Å². The van der Waals surface area contributed by atoms with Crippen LogP contribution in [0.25, 0.3) is 5.76 Å². The lowest BCUT2D eigenvalue weighted by Gasteiger charge is -2.25. The number of carbonyl (C=O) groups excluding carboxylic acids is 2. The zero-order valence-electron chi connectivity index (χ0n) is 18.9. The van der Waals surface area contributed by atoms with Gasteiger partial charge >= 0.3 is 0 Å². The van der Waals surface area contributed by atoms with E-state index in [0.29, 0.717) is 23.4 Å². The number of carbonyl (C=O) groups is 2. The molecule has 0 bridgehead atoms. The molecule has 1 saturated heterocycles. The number of rotatable bonds is 6. The molecule has 0 radical (unpaired) electrons. The Morgan fingerprint density at radius 1 is 1.06 bits per heavy atom. The first kappa shape index (κ1) is 22.3. The Morgan fingerprint density at radius 3 is 2.39 bits per heavy atom. The summed E-state index contributed by atoms with van der Waals surface area (Å²) in [5.74, 6) is -0.738. The minimum atomic E-state index is -0.774. The number of ether oxygens (including phenoxy) is 1. The van der Waals surface area contributed by atoms with Crippen LogP contribution in [0.15, 0.2) is 78.6 Å². The van der Waals surface area contributed by atoms with Gasteiger partial charge in [-0.3, -0.25) is 19.5 Å². The van der Waals surface area contributed by atoms with Gasteiger partial charge in [-0.1, -0.05) is 32.0 Å². The normalized spacial score (nSPS) is 17.6. The number of amides is 1. The summed E-state index contributed by atoms with van der Waals surface area (Å²) in [6.45, 7) is 6.51. The van der Waals surface area contributed by atoms with Crippen LogP contribution in [0.3, 0.4) is 0 Å². The van der Waals surface area contributed by atoms with Crippen LogP contribution in [0.4, 0.5) is 5.69 Å². The van der Waals surface area contributed by atoms with Crippen LogP contribution in [-0.4, -0.2) is 28.4 Å². The highest BCUT2D eigenvalue weighted by molar-refractivity contribution is 6.51. The van der Waals surface area contributed by atoms with Gasteiger partial charge in [-0.15, -0.1) is 0 Å². The van der Waals surface area contributed by atoms with Gasteiger partial charge in [-0.2, -0.15) is 0 Å². The number of para-hydroxylation sites is 1. The van der Waals surface area contributed by atoms with E-state index in [1.165, 1.54) is 4.90 Å². The molecular weight excluding hydrogens is 416 g/mol. The molecule has 3 aromatic rings. The van der Waals surface area contributed by atoms with E-state index in [1.807, 2.05) is 32.9 Å². The SMILES string of the molecule is CCOc1ccc(/C(O)=C2/C(=O)C(=O)N(c3ccccc3)C2c2ccncc2)cc1C(C)C. The van der Waals surface area contributed by atoms with E-state index in [2.05, 4.69) is 4.98 Å².